The third kappa shape index (κ3) is 2.72. The van der Waals surface area contributed by atoms with E-state index in [9.17, 15) is 4.79 Å². The fraction of sp³-hybridized carbons (Fsp3) is 0.0833. The van der Waals surface area contributed by atoms with Gasteiger partial charge in [-0.05, 0) is 5.56 Å². The number of nitrogens with zero attached hydrogens (tertiary/aromatic N) is 1. The zero-order chi connectivity index (χ0) is 13.0. The van der Waals surface area contributed by atoms with Gasteiger partial charge in [0.1, 0.15) is 11.0 Å². The normalized spacial score (nSPS) is 11.8. The molecule has 6 heteroatoms. The Morgan fingerprint density at radius 1 is 1.39 bits per heavy atom. The van der Waals surface area contributed by atoms with Crippen LogP contribution in [0.15, 0.2) is 42.7 Å². The number of carbonyl (C=O) groups is 1. The van der Waals surface area contributed by atoms with Gasteiger partial charge in [0.25, 0.3) is 5.91 Å². The highest BCUT2D eigenvalue weighted by Gasteiger charge is 2.18. The second-order valence-corrected chi connectivity index (χ2v) is 4.18. The van der Waals surface area contributed by atoms with Crippen molar-refractivity contribution in [1.82, 2.24) is 15.5 Å². The Bertz CT molecular complexity index is 538. The molecule has 0 radical (unpaired) electrons. The van der Waals surface area contributed by atoms with Crippen molar-refractivity contribution in [3.63, 3.8) is 0 Å². The van der Waals surface area contributed by atoms with Gasteiger partial charge >= 0.3 is 0 Å². The average molecular weight is 260 g/mol. The maximum atomic E-state index is 11.9. The summed E-state index contributed by atoms with van der Waals surface area (Å²) in [5.41, 5.74) is 6.95. The molecule has 0 aliphatic heterocycles. The molecule has 0 bridgehead atoms. The lowest BCUT2D eigenvalue weighted by Gasteiger charge is -2.17. The first-order valence-electron chi connectivity index (χ1n) is 5.32. The monoisotopic (exact) mass is 260 g/mol. The summed E-state index contributed by atoms with van der Waals surface area (Å²) in [4.78, 5) is 12.1. The van der Waals surface area contributed by atoms with Crippen molar-refractivity contribution in [3.8, 4) is 0 Å². The number of nitrogens with two attached hydrogens (primary N) is 1. The van der Waals surface area contributed by atoms with Gasteiger partial charge in [0, 0.05) is 6.20 Å². The molecule has 2 rings (SSSR count). The molecule has 1 atom stereocenters. The number of rotatable bonds is 4. The third-order valence-electron chi connectivity index (χ3n) is 2.45. The molecule has 1 heterocycles. The molecule has 92 valence electrons. The Morgan fingerprint density at radius 2 is 2.11 bits per heavy atom. The van der Waals surface area contributed by atoms with Crippen LogP contribution in [0, 0.1) is 0 Å². The van der Waals surface area contributed by atoms with Gasteiger partial charge < -0.3 is 11.1 Å². The molecule has 1 aromatic heterocycles. The van der Waals surface area contributed by atoms with Crippen molar-refractivity contribution in [2.75, 3.05) is 0 Å². The highest BCUT2D eigenvalue weighted by atomic mass is 32.1. The van der Waals surface area contributed by atoms with E-state index in [0.29, 0.717) is 5.56 Å². The molecular formula is C12H12N4OS. The van der Waals surface area contributed by atoms with Crippen LogP contribution in [0.2, 0.25) is 0 Å². The molecule has 0 saturated carbocycles. The number of aromatic nitrogens is 2. The summed E-state index contributed by atoms with van der Waals surface area (Å²) in [6, 6.07) is 8.86. The standard InChI is InChI=1S/C12H12N4OS/c13-11(18)10(8-4-2-1-3-5-8)16-12(17)9-6-14-15-7-9/h1-7,10H,(H2,13,18)(H,14,15)(H,16,17). The van der Waals surface area contributed by atoms with Crippen LogP contribution in [0.5, 0.6) is 0 Å². The predicted molar refractivity (Wildman–Crippen MR) is 72.0 cm³/mol. The topological polar surface area (TPSA) is 83.8 Å². The zero-order valence-electron chi connectivity index (χ0n) is 9.46. The summed E-state index contributed by atoms with van der Waals surface area (Å²) < 4.78 is 0. The minimum atomic E-state index is -0.483. The van der Waals surface area contributed by atoms with Crippen LogP contribution in [0.25, 0.3) is 0 Å². The summed E-state index contributed by atoms with van der Waals surface area (Å²) in [5.74, 6) is -0.273. The van der Waals surface area contributed by atoms with Gasteiger partial charge in [0.05, 0.1) is 11.8 Å². The van der Waals surface area contributed by atoms with E-state index < -0.39 is 6.04 Å². The maximum absolute atomic E-state index is 11.9. The summed E-state index contributed by atoms with van der Waals surface area (Å²) in [6.07, 6.45) is 2.95. The number of benzene rings is 1. The molecule has 4 N–H and O–H groups in total. The number of H-pyrrole nitrogens is 1. The molecule has 2 aromatic rings. The highest BCUT2D eigenvalue weighted by molar-refractivity contribution is 7.80. The first-order chi connectivity index (χ1) is 8.68. The first kappa shape index (κ1) is 12.3. The van der Waals surface area contributed by atoms with Crippen molar-refractivity contribution >= 4 is 23.1 Å². The number of carbonyl (C=O) groups excluding carboxylic acids is 1. The molecule has 0 aliphatic carbocycles. The molecule has 5 nitrogen and oxygen atoms in total. The van der Waals surface area contributed by atoms with E-state index >= 15 is 0 Å². The van der Waals surface area contributed by atoms with Crippen LogP contribution in [-0.2, 0) is 0 Å². The average Bonchev–Trinajstić information content (AvgIpc) is 2.90. The number of aromatic amines is 1. The van der Waals surface area contributed by atoms with Gasteiger partial charge in [-0.1, -0.05) is 42.5 Å². The highest BCUT2D eigenvalue weighted by Crippen LogP contribution is 2.13. The van der Waals surface area contributed by atoms with E-state index in [4.69, 9.17) is 18.0 Å². The SMILES string of the molecule is NC(=S)C(NC(=O)c1cn[nH]c1)c1ccccc1. The molecule has 0 aliphatic rings. The molecule has 0 saturated heterocycles. The lowest BCUT2D eigenvalue weighted by atomic mass is 10.1. The Hall–Kier alpha value is -2.21. The van der Waals surface area contributed by atoms with E-state index in [1.807, 2.05) is 30.3 Å². The maximum Gasteiger partial charge on any atom is 0.255 e. The molecule has 1 amide bonds. The fourth-order valence-corrected chi connectivity index (χ4v) is 1.75. The summed E-state index contributed by atoms with van der Waals surface area (Å²) in [7, 11) is 0. The van der Waals surface area contributed by atoms with Crippen LogP contribution in [0.3, 0.4) is 0 Å². The van der Waals surface area contributed by atoms with Crippen molar-refractivity contribution < 1.29 is 4.79 Å². The van der Waals surface area contributed by atoms with Gasteiger partial charge in [-0.25, -0.2) is 0 Å². The van der Waals surface area contributed by atoms with Crippen molar-refractivity contribution in [3.05, 3.63) is 53.9 Å². The first-order valence-corrected chi connectivity index (χ1v) is 5.73. The van der Waals surface area contributed by atoms with E-state index in [0.717, 1.165) is 5.56 Å². The Balaban J connectivity index is 2.18. The number of amides is 1. The van der Waals surface area contributed by atoms with Gasteiger partial charge in [0.15, 0.2) is 0 Å². The lowest BCUT2D eigenvalue weighted by Crippen LogP contribution is -2.36. The largest absolute Gasteiger partial charge is 0.391 e. The van der Waals surface area contributed by atoms with Gasteiger partial charge in [0.2, 0.25) is 0 Å². The second kappa shape index (κ2) is 5.42. The Morgan fingerprint density at radius 3 is 2.67 bits per heavy atom. The summed E-state index contributed by atoms with van der Waals surface area (Å²) in [5, 5.41) is 9.07. The fourth-order valence-electron chi connectivity index (χ4n) is 1.55. The van der Waals surface area contributed by atoms with Crippen molar-refractivity contribution in [1.29, 1.82) is 0 Å². The third-order valence-corrected chi connectivity index (χ3v) is 2.69. The van der Waals surface area contributed by atoms with E-state index in [2.05, 4.69) is 15.5 Å². The molecule has 1 aromatic carbocycles. The lowest BCUT2D eigenvalue weighted by molar-refractivity contribution is 0.0947. The van der Waals surface area contributed by atoms with Crippen LogP contribution in [0.1, 0.15) is 22.0 Å². The second-order valence-electron chi connectivity index (χ2n) is 3.71. The smallest absolute Gasteiger partial charge is 0.255 e. The Labute approximate surface area is 109 Å². The minimum Gasteiger partial charge on any atom is -0.391 e. The zero-order valence-corrected chi connectivity index (χ0v) is 10.3. The van der Waals surface area contributed by atoms with Crippen LogP contribution in [0.4, 0.5) is 0 Å². The van der Waals surface area contributed by atoms with Crippen LogP contribution in [-0.4, -0.2) is 21.1 Å². The molecule has 0 spiro atoms. The summed E-state index contributed by atoms with van der Waals surface area (Å²) >= 11 is 4.99. The number of hydrogen-bond acceptors (Lipinski definition) is 3. The number of thiocarbonyl (C=S) groups is 1. The van der Waals surface area contributed by atoms with Gasteiger partial charge in [-0.2, -0.15) is 5.10 Å². The van der Waals surface area contributed by atoms with E-state index in [1.54, 1.807) is 0 Å². The van der Waals surface area contributed by atoms with Crippen molar-refractivity contribution in [2.24, 2.45) is 5.73 Å². The number of nitrogens with one attached hydrogen (secondary N) is 2. The van der Waals surface area contributed by atoms with Crippen molar-refractivity contribution in [2.45, 2.75) is 6.04 Å². The van der Waals surface area contributed by atoms with E-state index in [-0.39, 0.29) is 10.9 Å². The minimum absolute atomic E-state index is 0.220. The molecule has 0 fully saturated rings. The summed E-state index contributed by atoms with van der Waals surface area (Å²) in [6.45, 7) is 0. The predicted octanol–water partition coefficient (Wildman–Crippen LogP) is 1.17. The molecular weight excluding hydrogens is 248 g/mol. The van der Waals surface area contributed by atoms with Crippen LogP contribution < -0.4 is 11.1 Å². The Kier molecular flexibility index (Phi) is 3.69. The molecule has 18 heavy (non-hydrogen) atoms. The number of hydrogen-bond donors (Lipinski definition) is 3. The van der Waals surface area contributed by atoms with Gasteiger partial charge in [-0.15, -0.1) is 0 Å². The van der Waals surface area contributed by atoms with E-state index in [1.165, 1.54) is 12.4 Å². The van der Waals surface area contributed by atoms with Crippen LogP contribution >= 0.6 is 12.2 Å². The quantitative estimate of drug-likeness (QED) is 0.720. The van der Waals surface area contributed by atoms with Gasteiger partial charge in [-0.3, -0.25) is 9.89 Å². The molecule has 1 unspecified atom stereocenters.